The Hall–Kier alpha value is 0.544. The van der Waals surface area contributed by atoms with Gasteiger partial charge in [0.15, 0.2) is 0 Å². The van der Waals surface area contributed by atoms with E-state index in [2.05, 4.69) is 5.32 Å². The standard InChI is InChI=1S/C2H7N.V/c1-3-2;/h3H,1-2H3;. The maximum absolute atomic E-state index is 2.75. The zero-order chi connectivity index (χ0) is 2.71. The van der Waals surface area contributed by atoms with E-state index in [1.165, 1.54) is 0 Å². The Bertz CT molecular complexity index is 6.00. The molecule has 0 bridgehead atoms. The van der Waals surface area contributed by atoms with E-state index in [9.17, 15) is 0 Å². The average molecular weight is 96.0 g/mol. The first-order valence-electron chi connectivity index (χ1n) is 1.00. The minimum Gasteiger partial charge on any atom is -0.323 e. The normalized spacial score (nSPS) is 4.50. The van der Waals surface area contributed by atoms with Gasteiger partial charge < -0.3 is 5.32 Å². The van der Waals surface area contributed by atoms with Crippen molar-refractivity contribution in [2.75, 3.05) is 14.1 Å². The fraction of sp³-hybridized carbons (Fsp3) is 1.00. The van der Waals surface area contributed by atoms with E-state index >= 15 is 0 Å². The molecule has 1 radical (unpaired) electrons. The van der Waals surface area contributed by atoms with Crippen molar-refractivity contribution in [2.24, 2.45) is 0 Å². The molecule has 0 amide bonds. The molecule has 0 aliphatic carbocycles. The van der Waals surface area contributed by atoms with E-state index in [0.29, 0.717) is 0 Å². The monoisotopic (exact) mass is 96.0 g/mol. The van der Waals surface area contributed by atoms with Gasteiger partial charge in [0.1, 0.15) is 0 Å². The van der Waals surface area contributed by atoms with Crippen molar-refractivity contribution in [2.45, 2.75) is 0 Å². The summed E-state index contributed by atoms with van der Waals surface area (Å²) in [6, 6.07) is 0. The van der Waals surface area contributed by atoms with Crippen LogP contribution in [0.15, 0.2) is 0 Å². The van der Waals surface area contributed by atoms with Crippen molar-refractivity contribution in [1.29, 1.82) is 0 Å². The molecule has 0 spiro atoms. The molecule has 1 N–H and O–H groups in total. The van der Waals surface area contributed by atoms with Gasteiger partial charge in [-0.05, 0) is 14.1 Å². The molecule has 0 heterocycles. The molecule has 0 unspecified atom stereocenters. The van der Waals surface area contributed by atoms with Crippen LogP contribution in [0.25, 0.3) is 0 Å². The SMILES string of the molecule is CNC.[V]. The maximum Gasteiger partial charge on any atom is 0 e. The Labute approximate surface area is 38.7 Å². The molecule has 0 saturated carbocycles. The third kappa shape index (κ3) is 20.5. The van der Waals surface area contributed by atoms with Gasteiger partial charge in [0.25, 0.3) is 0 Å². The Morgan fingerprint density at radius 2 is 1.25 bits per heavy atom. The first-order chi connectivity index (χ1) is 1.41. The van der Waals surface area contributed by atoms with Gasteiger partial charge in [0.2, 0.25) is 0 Å². The van der Waals surface area contributed by atoms with Crippen LogP contribution in [0.4, 0.5) is 0 Å². The van der Waals surface area contributed by atoms with Crippen LogP contribution in [0.2, 0.25) is 0 Å². The molecule has 2 heteroatoms. The third-order valence-corrected chi connectivity index (χ3v) is 0. The molecule has 0 rings (SSSR count). The summed E-state index contributed by atoms with van der Waals surface area (Å²) < 4.78 is 0. The molecular weight excluding hydrogens is 89.0 g/mol. The second-order valence-electron chi connectivity index (χ2n) is 0.500. The zero-order valence-electron chi connectivity index (χ0n) is 2.95. The molecule has 25 valence electrons. The van der Waals surface area contributed by atoms with Gasteiger partial charge in [-0.2, -0.15) is 0 Å². The molecule has 0 atom stereocenters. The third-order valence-electron chi connectivity index (χ3n) is 0. The molecule has 0 aromatic carbocycles. The molecule has 0 aromatic rings. The average Bonchev–Trinajstić information content (AvgIpc) is 0.918. The summed E-state index contributed by atoms with van der Waals surface area (Å²) in [5.74, 6) is 0. The van der Waals surface area contributed by atoms with Crippen molar-refractivity contribution in [3.63, 3.8) is 0 Å². The van der Waals surface area contributed by atoms with Crippen LogP contribution in [0.5, 0.6) is 0 Å². The zero-order valence-corrected chi connectivity index (χ0v) is 4.34. The number of hydrogen-bond acceptors (Lipinski definition) is 1. The summed E-state index contributed by atoms with van der Waals surface area (Å²) in [5.41, 5.74) is 0. The van der Waals surface area contributed by atoms with Crippen LogP contribution in [-0.4, -0.2) is 14.1 Å². The first-order valence-corrected chi connectivity index (χ1v) is 1.00. The molecule has 0 saturated heterocycles. The van der Waals surface area contributed by atoms with Gasteiger partial charge in [-0.15, -0.1) is 0 Å². The van der Waals surface area contributed by atoms with Gasteiger partial charge in [-0.3, -0.25) is 0 Å². The molecule has 0 aromatic heterocycles. The van der Waals surface area contributed by atoms with Gasteiger partial charge in [0, 0.05) is 18.6 Å². The van der Waals surface area contributed by atoms with Crippen molar-refractivity contribution >= 4 is 0 Å². The Morgan fingerprint density at radius 1 is 1.25 bits per heavy atom. The molecule has 1 nitrogen and oxygen atoms in total. The second kappa shape index (κ2) is 9.62. The van der Waals surface area contributed by atoms with E-state index in [0.717, 1.165) is 0 Å². The summed E-state index contributed by atoms with van der Waals surface area (Å²) in [4.78, 5) is 0. The van der Waals surface area contributed by atoms with Crippen LogP contribution >= 0.6 is 0 Å². The van der Waals surface area contributed by atoms with Crippen molar-refractivity contribution in [1.82, 2.24) is 5.32 Å². The topological polar surface area (TPSA) is 12.0 Å². The molecule has 4 heavy (non-hydrogen) atoms. The second-order valence-corrected chi connectivity index (χ2v) is 0.500. The van der Waals surface area contributed by atoms with E-state index in [4.69, 9.17) is 0 Å². The summed E-state index contributed by atoms with van der Waals surface area (Å²) in [7, 11) is 3.75. The largest absolute Gasteiger partial charge is 0.323 e. The Kier molecular flexibility index (Phi) is 21.2. The molecule has 0 fully saturated rings. The van der Waals surface area contributed by atoms with E-state index in [1.807, 2.05) is 14.1 Å². The fourth-order valence-electron chi connectivity index (χ4n) is 0. The molecule has 0 aliphatic heterocycles. The quantitative estimate of drug-likeness (QED) is 0.441. The fourth-order valence-corrected chi connectivity index (χ4v) is 0. The van der Waals surface area contributed by atoms with Gasteiger partial charge >= 0.3 is 0 Å². The van der Waals surface area contributed by atoms with Crippen LogP contribution in [0, 0.1) is 0 Å². The Morgan fingerprint density at radius 3 is 1.25 bits per heavy atom. The smallest absolute Gasteiger partial charge is 0 e. The van der Waals surface area contributed by atoms with Crippen LogP contribution in [0.3, 0.4) is 0 Å². The first kappa shape index (κ1) is 8.82. The predicted octanol–water partition coefficient (Wildman–Crippen LogP) is -0.167. The summed E-state index contributed by atoms with van der Waals surface area (Å²) >= 11 is 0. The maximum atomic E-state index is 2.75. The van der Waals surface area contributed by atoms with E-state index in [-0.39, 0.29) is 18.6 Å². The molecule has 0 aliphatic rings. The van der Waals surface area contributed by atoms with Crippen molar-refractivity contribution in [3.8, 4) is 0 Å². The Balaban J connectivity index is 0. The van der Waals surface area contributed by atoms with Gasteiger partial charge in [-0.25, -0.2) is 0 Å². The van der Waals surface area contributed by atoms with Gasteiger partial charge in [0.05, 0.1) is 0 Å². The van der Waals surface area contributed by atoms with E-state index in [1.54, 1.807) is 0 Å². The summed E-state index contributed by atoms with van der Waals surface area (Å²) in [6.07, 6.45) is 0. The van der Waals surface area contributed by atoms with E-state index < -0.39 is 0 Å². The van der Waals surface area contributed by atoms with Crippen LogP contribution < -0.4 is 5.32 Å². The number of nitrogens with one attached hydrogen (secondary N) is 1. The summed E-state index contributed by atoms with van der Waals surface area (Å²) in [5, 5.41) is 2.75. The summed E-state index contributed by atoms with van der Waals surface area (Å²) in [6.45, 7) is 0. The van der Waals surface area contributed by atoms with Crippen LogP contribution in [-0.2, 0) is 18.6 Å². The number of hydrogen-bond donors (Lipinski definition) is 1. The number of rotatable bonds is 0. The van der Waals surface area contributed by atoms with Crippen molar-refractivity contribution in [3.05, 3.63) is 0 Å². The minimum absolute atomic E-state index is 0. The van der Waals surface area contributed by atoms with Gasteiger partial charge in [-0.1, -0.05) is 0 Å². The van der Waals surface area contributed by atoms with Crippen molar-refractivity contribution < 1.29 is 18.6 Å². The predicted molar refractivity (Wildman–Crippen MR) is 15.0 cm³/mol. The van der Waals surface area contributed by atoms with Crippen LogP contribution in [0.1, 0.15) is 0 Å². The minimum atomic E-state index is 0. The molecular formula is C2H7NV.